The molecule has 5 nitrogen and oxygen atoms in total. The minimum absolute atomic E-state index is 0.0795. The van der Waals surface area contributed by atoms with E-state index >= 15 is 0 Å². The molecule has 0 radical (unpaired) electrons. The van der Waals surface area contributed by atoms with Gasteiger partial charge in [-0.05, 0) is 23.9 Å². The van der Waals surface area contributed by atoms with Crippen molar-refractivity contribution in [2.24, 2.45) is 5.92 Å². The van der Waals surface area contributed by atoms with Crippen LogP contribution in [-0.4, -0.2) is 40.3 Å². The molecular weight excluding hydrogens is 381 g/mol. The zero-order valence-electron chi connectivity index (χ0n) is 14.2. The highest BCUT2D eigenvalue weighted by molar-refractivity contribution is 7.12. The van der Waals surface area contributed by atoms with Gasteiger partial charge >= 0.3 is 12.2 Å². The first kappa shape index (κ1) is 19.4. The van der Waals surface area contributed by atoms with Gasteiger partial charge in [0.2, 0.25) is 0 Å². The number of halogens is 3. The molecule has 0 aliphatic carbocycles. The second-order valence-electron chi connectivity index (χ2n) is 6.13. The zero-order chi connectivity index (χ0) is 19.8. The Morgan fingerprint density at radius 2 is 1.93 bits per heavy atom. The summed E-state index contributed by atoms with van der Waals surface area (Å²) < 4.78 is 42.2. The average Bonchev–Trinajstić information content (AvgIpc) is 3.15. The van der Waals surface area contributed by atoms with E-state index in [4.69, 9.17) is 0 Å². The maximum Gasteiger partial charge on any atom is 0.437 e. The first-order chi connectivity index (χ1) is 12.7. The number of nitrogens with zero attached hydrogens (tertiary/aromatic N) is 1. The average molecular weight is 398 g/mol. The number of hydrogen-bond donors (Lipinski definition) is 2. The Hall–Kier alpha value is -2.39. The minimum atomic E-state index is -5.23. The number of carbonyl (C=O) groups is 2. The molecule has 0 saturated carbocycles. The summed E-state index contributed by atoms with van der Waals surface area (Å²) in [5, 5.41) is 14.9. The molecule has 1 fully saturated rings. The van der Waals surface area contributed by atoms with Crippen LogP contribution in [0.25, 0.3) is 0 Å². The number of hydrogen-bond acceptors (Lipinski definition) is 4. The summed E-state index contributed by atoms with van der Waals surface area (Å²) in [4.78, 5) is 25.8. The fraction of sp³-hybridized carbons (Fsp3) is 0.333. The van der Waals surface area contributed by atoms with E-state index in [0.29, 0.717) is 5.56 Å². The molecule has 9 heteroatoms. The second kappa shape index (κ2) is 6.97. The lowest BCUT2D eigenvalue weighted by Gasteiger charge is -2.50. The Kier molecular flexibility index (Phi) is 5.00. The van der Waals surface area contributed by atoms with Gasteiger partial charge in [-0.1, -0.05) is 36.4 Å². The SMILES string of the molecule is CCN1C(=O)N[C@H](c2ccccc2)[C@@H](C(=O)c2cccs2)[C@@]1(O)C(F)(F)F. The van der Waals surface area contributed by atoms with Gasteiger partial charge in [-0.25, -0.2) is 4.79 Å². The standard InChI is InChI=1S/C18H17F3N2O3S/c1-2-23-16(25)22-14(11-7-4-3-5-8-11)13(17(23,26)18(19,20)21)15(24)12-9-6-10-27-12/h3-10,13-14,26H,2H2,1H3,(H,22,25)/t13-,14+,17+/m0/s1. The molecule has 3 rings (SSSR count). The van der Waals surface area contributed by atoms with Gasteiger partial charge < -0.3 is 10.4 Å². The fourth-order valence-electron chi connectivity index (χ4n) is 3.41. The molecule has 2 heterocycles. The highest BCUT2D eigenvalue weighted by Crippen LogP contribution is 2.48. The van der Waals surface area contributed by atoms with Gasteiger partial charge in [-0.2, -0.15) is 13.2 Å². The van der Waals surface area contributed by atoms with Crippen molar-refractivity contribution in [3.63, 3.8) is 0 Å². The van der Waals surface area contributed by atoms with E-state index in [0.717, 1.165) is 11.3 Å². The monoisotopic (exact) mass is 398 g/mol. The van der Waals surface area contributed by atoms with Crippen LogP contribution >= 0.6 is 11.3 Å². The van der Waals surface area contributed by atoms with Crippen LogP contribution in [0.1, 0.15) is 28.2 Å². The van der Waals surface area contributed by atoms with E-state index in [1.54, 1.807) is 29.6 Å². The van der Waals surface area contributed by atoms with Crippen molar-refractivity contribution in [3.05, 3.63) is 58.3 Å². The van der Waals surface area contributed by atoms with E-state index in [2.05, 4.69) is 5.32 Å². The van der Waals surface area contributed by atoms with Crippen LogP contribution in [0.15, 0.2) is 47.8 Å². The normalized spacial score (nSPS) is 26.0. The molecule has 1 aliphatic rings. The number of nitrogens with one attached hydrogen (secondary N) is 1. The molecule has 0 bridgehead atoms. The summed E-state index contributed by atoms with van der Waals surface area (Å²) in [5.41, 5.74) is -3.33. The smallest absolute Gasteiger partial charge is 0.363 e. The van der Waals surface area contributed by atoms with E-state index in [9.17, 15) is 27.9 Å². The maximum atomic E-state index is 14.1. The van der Waals surface area contributed by atoms with Gasteiger partial charge in [-0.3, -0.25) is 9.69 Å². The van der Waals surface area contributed by atoms with Crippen LogP contribution in [0.3, 0.4) is 0 Å². The van der Waals surface area contributed by atoms with Crippen LogP contribution < -0.4 is 5.32 Å². The van der Waals surface area contributed by atoms with Gasteiger partial charge in [0.05, 0.1) is 10.9 Å². The van der Waals surface area contributed by atoms with Crippen LogP contribution in [0.4, 0.5) is 18.0 Å². The topological polar surface area (TPSA) is 69.6 Å². The fourth-order valence-corrected chi connectivity index (χ4v) is 4.11. The largest absolute Gasteiger partial charge is 0.437 e. The second-order valence-corrected chi connectivity index (χ2v) is 7.07. The predicted molar refractivity (Wildman–Crippen MR) is 93.2 cm³/mol. The van der Waals surface area contributed by atoms with Gasteiger partial charge in [0, 0.05) is 6.54 Å². The molecule has 144 valence electrons. The highest BCUT2D eigenvalue weighted by Gasteiger charge is 2.69. The molecule has 1 aliphatic heterocycles. The molecular formula is C18H17F3N2O3S. The van der Waals surface area contributed by atoms with Gasteiger partial charge in [-0.15, -0.1) is 11.3 Å². The summed E-state index contributed by atoms with van der Waals surface area (Å²) in [6, 6.07) is 8.40. The Bertz CT molecular complexity index is 826. The van der Waals surface area contributed by atoms with Crippen LogP contribution in [-0.2, 0) is 0 Å². The number of rotatable bonds is 4. The molecule has 3 atom stereocenters. The first-order valence-electron chi connectivity index (χ1n) is 8.21. The third-order valence-corrected chi connectivity index (χ3v) is 5.53. The van der Waals surface area contributed by atoms with Crippen molar-refractivity contribution in [1.82, 2.24) is 10.2 Å². The Balaban J connectivity index is 2.22. The van der Waals surface area contributed by atoms with E-state index in [1.165, 1.54) is 25.1 Å². The van der Waals surface area contributed by atoms with Gasteiger partial charge in [0.1, 0.15) is 5.92 Å². The third-order valence-electron chi connectivity index (χ3n) is 4.64. The highest BCUT2D eigenvalue weighted by atomic mass is 32.1. The maximum absolute atomic E-state index is 14.1. The summed E-state index contributed by atoms with van der Waals surface area (Å²) in [6.07, 6.45) is -5.23. The Morgan fingerprint density at radius 1 is 1.26 bits per heavy atom. The molecule has 2 aromatic rings. The summed E-state index contributed by atoms with van der Waals surface area (Å²) in [6.45, 7) is 0.892. The quantitative estimate of drug-likeness (QED) is 0.774. The van der Waals surface area contributed by atoms with Crippen molar-refractivity contribution in [2.75, 3.05) is 6.54 Å². The Morgan fingerprint density at radius 3 is 2.44 bits per heavy atom. The number of alkyl halides is 3. The predicted octanol–water partition coefficient (Wildman–Crippen LogP) is 3.58. The van der Waals surface area contributed by atoms with E-state index in [1.807, 2.05) is 0 Å². The number of thiophene rings is 1. The lowest BCUT2D eigenvalue weighted by molar-refractivity contribution is -0.326. The zero-order valence-corrected chi connectivity index (χ0v) is 15.1. The number of amides is 2. The molecule has 0 unspecified atom stereocenters. The van der Waals surface area contributed by atoms with Gasteiger partial charge in [0.25, 0.3) is 5.72 Å². The van der Waals surface area contributed by atoms with Crippen LogP contribution in [0.5, 0.6) is 0 Å². The van der Waals surface area contributed by atoms with Crippen molar-refractivity contribution in [1.29, 1.82) is 0 Å². The van der Waals surface area contributed by atoms with E-state index in [-0.39, 0.29) is 9.78 Å². The lowest BCUT2D eigenvalue weighted by Crippen LogP contribution is -2.73. The van der Waals surface area contributed by atoms with Crippen molar-refractivity contribution >= 4 is 23.2 Å². The molecule has 27 heavy (non-hydrogen) atoms. The first-order valence-corrected chi connectivity index (χ1v) is 9.09. The third kappa shape index (κ3) is 3.10. The summed E-state index contributed by atoms with van der Waals surface area (Å²) >= 11 is 0.984. The Labute approximate surface area is 157 Å². The van der Waals surface area contributed by atoms with Crippen LogP contribution in [0, 0.1) is 5.92 Å². The summed E-state index contributed by atoms with van der Waals surface area (Å²) in [7, 11) is 0. The van der Waals surface area contributed by atoms with Crippen molar-refractivity contribution < 1.29 is 27.9 Å². The number of carbonyl (C=O) groups excluding carboxylic acids is 2. The number of ketones is 1. The molecule has 2 N–H and O–H groups in total. The van der Waals surface area contributed by atoms with E-state index < -0.39 is 42.2 Å². The molecule has 1 aromatic heterocycles. The van der Waals surface area contributed by atoms with Crippen molar-refractivity contribution in [2.45, 2.75) is 24.9 Å². The lowest BCUT2D eigenvalue weighted by atomic mass is 9.77. The number of Topliss-reactive ketones (excluding diaryl/α,β-unsaturated/α-hetero) is 1. The minimum Gasteiger partial charge on any atom is -0.363 e. The molecule has 0 spiro atoms. The van der Waals surface area contributed by atoms with Crippen molar-refractivity contribution in [3.8, 4) is 0 Å². The molecule has 1 saturated heterocycles. The number of aliphatic hydroxyl groups is 1. The molecule has 1 aromatic carbocycles. The van der Waals surface area contributed by atoms with Gasteiger partial charge in [0.15, 0.2) is 5.78 Å². The number of benzene rings is 1. The molecule has 2 amide bonds. The van der Waals surface area contributed by atoms with Crippen LogP contribution in [0.2, 0.25) is 0 Å². The summed E-state index contributed by atoms with van der Waals surface area (Å²) in [5.74, 6) is -2.84. The number of urea groups is 1.